The van der Waals surface area contributed by atoms with Crippen LogP contribution in [0, 0.1) is 6.92 Å². The molecular weight excluding hydrogens is 476 g/mol. The zero-order valence-electron chi connectivity index (χ0n) is 22.5. The maximum Gasteiger partial charge on any atom is 0.192 e. The third-order valence-electron chi connectivity index (χ3n) is 6.83. The lowest BCUT2D eigenvalue weighted by molar-refractivity contribution is -0.157. The van der Waals surface area contributed by atoms with E-state index in [1.165, 1.54) is 0 Å². The number of aryl methyl sites for hydroxylation is 1. The van der Waals surface area contributed by atoms with Gasteiger partial charge in [-0.25, -0.2) is 0 Å². The smallest absolute Gasteiger partial charge is 0.192 e. The summed E-state index contributed by atoms with van der Waals surface area (Å²) in [5.74, 6) is -0.450. The molecule has 7 heteroatoms. The second kappa shape index (κ2) is 11.4. The van der Waals surface area contributed by atoms with Gasteiger partial charge in [-0.2, -0.15) is 0 Å². The van der Waals surface area contributed by atoms with E-state index in [1.54, 1.807) is 0 Å². The molecule has 4 atom stereocenters. The first-order valence-corrected chi connectivity index (χ1v) is 16.6. The molecule has 2 aromatic rings. The van der Waals surface area contributed by atoms with Gasteiger partial charge in [-0.05, 0) is 56.6 Å². The largest absolute Gasteiger partial charge is 0.409 e. The average Bonchev–Trinajstić information content (AvgIpc) is 3.07. The van der Waals surface area contributed by atoms with E-state index >= 15 is 0 Å². The predicted octanol–water partition coefficient (Wildman–Crippen LogP) is 6.23. The van der Waals surface area contributed by atoms with Crippen LogP contribution >= 0.6 is 0 Å². The monoisotopic (exact) mass is 518 g/mol. The zero-order chi connectivity index (χ0) is 25.9. The molecule has 2 aromatic carbocycles. The highest BCUT2D eigenvalue weighted by Crippen LogP contribution is 2.40. The second-order valence-corrected chi connectivity index (χ2v) is 17.6. The zero-order valence-corrected chi connectivity index (χ0v) is 24.3. The van der Waals surface area contributed by atoms with Crippen molar-refractivity contribution in [1.29, 1.82) is 0 Å². The number of hydrogen-bond donors (Lipinski definition) is 0. The maximum absolute atomic E-state index is 13.2. The van der Waals surface area contributed by atoms with E-state index in [4.69, 9.17) is 18.6 Å². The maximum atomic E-state index is 13.2. The molecule has 0 N–H and O–H groups in total. The SMILES string of the molecule is Cc1ccc([S@@](=O)C[C@@H]2OC(C)(C)O[C@H]2[C@H](COCc2ccccc2)O[Si](C)(C)C(C)(C)C)cc1. The van der Waals surface area contributed by atoms with Crippen molar-refractivity contribution in [1.82, 2.24) is 0 Å². The number of benzene rings is 2. The Balaban J connectivity index is 1.81. The van der Waals surface area contributed by atoms with Gasteiger partial charge in [0.2, 0.25) is 0 Å². The Morgan fingerprint density at radius 1 is 1.03 bits per heavy atom. The summed E-state index contributed by atoms with van der Waals surface area (Å²) in [6.07, 6.45) is -1.09. The van der Waals surface area contributed by atoms with Crippen LogP contribution in [0.3, 0.4) is 0 Å². The van der Waals surface area contributed by atoms with Crippen LogP contribution in [0.15, 0.2) is 59.5 Å². The summed E-state index contributed by atoms with van der Waals surface area (Å²) in [4.78, 5) is 0.796. The fourth-order valence-corrected chi connectivity index (χ4v) is 6.36. The highest BCUT2D eigenvalue weighted by atomic mass is 32.2. The topological polar surface area (TPSA) is 54.0 Å². The lowest BCUT2D eigenvalue weighted by Crippen LogP contribution is -2.51. The van der Waals surface area contributed by atoms with Crippen molar-refractivity contribution in [2.45, 2.75) is 95.3 Å². The van der Waals surface area contributed by atoms with Gasteiger partial charge in [0, 0.05) is 4.90 Å². The molecular formula is C28H42O5SSi. The number of rotatable bonds is 10. The minimum Gasteiger partial charge on any atom is -0.409 e. The number of ether oxygens (including phenoxy) is 3. The van der Waals surface area contributed by atoms with Crippen LogP contribution in [-0.4, -0.2) is 49.0 Å². The first-order valence-electron chi connectivity index (χ1n) is 12.4. The average molecular weight is 519 g/mol. The van der Waals surface area contributed by atoms with Crippen molar-refractivity contribution in [2.75, 3.05) is 12.4 Å². The van der Waals surface area contributed by atoms with E-state index < -0.39 is 24.9 Å². The van der Waals surface area contributed by atoms with E-state index in [1.807, 2.05) is 63.2 Å². The molecule has 3 rings (SSSR count). The normalized spacial score (nSPS) is 22.2. The summed E-state index contributed by atoms with van der Waals surface area (Å²) in [5.41, 5.74) is 2.25. The van der Waals surface area contributed by atoms with E-state index in [0.29, 0.717) is 19.0 Å². The highest BCUT2D eigenvalue weighted by molar-refractivity contribution is 7.85. The van der Waals surface area contributed by atoms with Gasteiger partial charge >= 0.3 is 0 Å². The lowest BCUT2D eigenvalue weighted by Gasteiger charge is -2.41. The first kappa shape index (κ1) is 28.2. The molecule has 0 saturated carbocycles. The van der Waals surface area contributed by atoms with Crippen molar-refractivity contribution in [3.8, 4) is 0 Å². The Bertz CT molecular complexity index is 969. The molecule has 1 aliphatic rings. The Morgan fingerprint density at radius 3 is 2.26 bits per heavy atom. The van der Waals surface area contributed by atoms with Gasteiger partial charge in [0.15, 0.2) is 14.1 Å². The summed E-state index contributed by atoms with van der Waals surface area (Å²) in [6, 6.07) is 17.9. The summed E-state index contributed by atoms with van der Waals surface area (Å²) in [6.45, 7) is 17.8. The van der Waals surface area contributed by atoms with Gasteiger partial charge in [0.25, 0.3) is 0 Å². The molecule has 5 nitrogen and oxygen atoms in total. The third kappa shape index (κ3) is 7.81. The molecule has 0 amide bonds. The Morgan fingerprint density at radius 2 is 1.66 bits per heavy atom. The van der Waals surface area contributed by atoms with Crippen LogP contribution in [0.4, 0.5) is 0 Å². The summed E-state index contributed by atoms with van der Waals surface area (Å²) in [7, 11) is -3.36. The standard InChI is InChI=1S/C28H42O5SSi/c1-21-14-16-23(17-15-21)34(29)20-25-26(32-28(5,6)31-25)24(33-35(7,8)27(2,3)4)19-30-18-22-12-10-9-11-13-22/h9-17,24-26H,18-20H2,1-8H3/t24-,25-,26-,34-/m0/s1. The van der Waals surface area contributed by atoms with Gasteiger partial charge in [0.05, 0.1) is 35.9 Å². The molecule has 1 heterocycles. The van der Waals surface area contributed by atoms with Crippen molar-refractivity contribution in [2.24, 2.45) is 0 Å². The molecule has 35 heavy (non-hydrogen) atoms. The number of hydrogen-bond acceptors (Lipinski definition) is 5. The van der Waals surface area contributed by atoms with Gasteiger partial charge in [-0.1, -0.05) is 68.8 Å². The van der Waals surface area contributed by atoms with E-state index in [0.717, 1.165) is 16.0 Å². The molecule has 0 spiro atoms. The fraction of sp³-hybridized carbons (Fsp3) is 0.571. The van der Waals surface area contributed by atoms with Crippen LogP contribution in [0.2, 0.25) is 18.1 Å². The Labute approximate surface area is 215 Å². The highest BCUT2D eigenvalue weighted by Gasteiger charge is 2.49. The van der Waals surface area contributed by atoms with Gasteiger partial charge in [-0.3, -0.25) is 4.21 Å². The molecule has 1 aliphatic heterocycles. The fourth-order valence-electron chi connectivity index (χ4n) is 3.86. The van der Waals surface area contributed by atoms with Crippen LogP contribution < -0.4 is 0 Å². The minimum absolute atomic E-state index is 0.0277. The second-order valence-electron chi connectivity index (χ2n) is 11.4. The Hall–Kier alpha value is -1.35. The summed E-state index contributed by atoms with van der Waals surface area (Å²) in [5, 5.41) is 0.0277. The molecule has 194 valence electrons. The molecule has 1 fully saturated rings. The quantitative estimate of drug-likeness (QED) is 0.349. The van der Waals surface area contributed by atoms with Crippen LogP contribution in [0.5, 0.6) is 0 Å². The minimum atomic E-state index is -2.14. The van der Waals surface area contributed by atoms with Crippen molar-refractivity contribution >= 4 is 19.1 Å². The van der Waals surface area contributed by atoms with Gasteiger partial charge in [-0.15, -0.1) is 0 Å². The Kier molecular flexibility index (Phi) is 9.16. The molecule has 0 aliphatic carbocycles. The molecule has 1 saturated heterocycles. The van der Waals surface area contributed by atoms with E-state index in [-0.39, 0.29) is 23.4 Å². The molecule has 0 aromatic heterocycles. The van der Waals surface area contributed by atoms with Gasteiger partial charge < -0.3 is 18.6 Å². The molecule has 0 bridgehead atoms. The molecule has 0 radical (unpaired) electrons. The summed E-state index contributed by atoms with van der Waals surface area (Å²) >= 11 is 0. The first-order chi connectivity index (χ1) is 16.3. The third-order valence-corrected chi connectivity index (χ3v) is 12.8. The van der Waals surface area contributed by atoms with E-state index in [9.17, 15) is 4.21 Å². The van der Waals surface area contributed by atoms with Crippen LogP contribution in [-0.2, 0) is 36.0 Å². The predicted molar refractivity (Wildman–Crippen MR) is 144 cm³/mol. The van der Waals surface area contributed by atoms with Crippen molar-refractivity contribution < 1.29 is 22.8 Å². The molecule has 0 unspecified atom stereocenters. The van der Waals surface area contributed by atoms with Crippen LogP contribution in [0.1, 0.15) is 45.7 Å². The van der Waals surface area contributed by atoms with Crippen molar-refractivity contribution in [3.63, 3.8) is 0 Å². The van der Waals surface area contributed by atoms with E-state index in [2.05, 4.69) is 46.0 Å². The summed E-state index contributed by atoms with van der Waals surface area (Å²) < 4.78 is 39.0. The van der Waals surface area contributed by atoms with Crippen molar-refractivity contribution in [3.05, 3.63) is 65.7 Å². The lowest BCUT2D eigenvalue weighted by atomic mass is 10.1. The van der Waals surface area contributed by atoms with Crippen LogP contribution in [0.25, 0.3) is 0 Å². The van der Waals surface area contributed by atoms with Gasteiger partial charge in [0.1, 0.15) is 12.2 Å².